The molecule has 2 aromatic carbocycles. The first-order chi connectivity index (χ1) is 18.3. The van der Waals surface area contributed by atoms with E-state index < -0.39 is 0 Å². The van der Waals surface area contributed by atoms with Crippen molar-refractivity contribution in [1.29, 1.82) is 0 Å². The molecule has 2 unspecified atom stereocenters. The largest absolute Gasteiger partial charge is 0.490 e. The highest BCUT2D eigenvalue weighted by Gasteiger charge is 2.27. The van der Waals surface area contributed by atoms with E-state index in [4.69, 9.17) is 23.7 Å². The van der Waals surface area contributed by atoms with Crippen LogP contribution in [0, 0.1) is 0 Å². The van der Waals surface area contributed by atoms with Gasteiger partial charge in [0, 0.05) is 45.9 Å². The molecule has 0 aromatic heterocycles. The van der Waals surface area contributed by atoms with E-state index in [-0.39, 0.29) is 6.10 Å². The van der Waals surface area contributed by atoms with Crippen molar-refractivity contribution in [2.24, 2.45) is 0 Å². The van der Waals surface area contributed by atoms with E-state index in [1.165, 1.54) is 22.4 Å². The van der Waals surface area contributed by atoms with Crippen LogP contribution in [0.5, 0.6) is 5.75 Å². The number of methoxy groups -OCH3 is 1. The van der Waals surface area contributed by atoms with Crippen LogP contribution in [-0.2, 0) is 32.2 Å². The molecule has 3 aliphatic rings. The monoisotopic (exact) mass is 510 g/mol. The Bertz CT molecular complexity index is 963. The molecule has 0 saturated carbocycles. The first-order valence-corrected chi connectivity index (χ1v) is 13.9. The lowest BCUT2D eigenvalue weighted by molar-refractivity contribution is -0.0390. The maximum absolute atomic E-state index is 6.54. The van der Waals surface area contributed by atoms with E-state index in [1.807, 2.05) is 0 Å². The zero-order valence-corrected chi connectivity index (χ0v) is 22.2. The lowest BCUT2D eigenvalue weighted by Crippen LogP contribution is -2.41. The molecule has 0 bridgehead atoms. The molecule has 0 aliphatic carbocycles. The lowest BCUT2D eigenvalue weighted by Gasteiger charge is -2.33. The molecule has 5 rings (SSSR count). The number of ether oxygens (including phenoxy) is 5. The fourth-order valence-electron chi connectivity index (χ4n) is 5.55. The van der Waals surface area contributed by atoms with E-state index in [0.717, 1.165) is 84.0 Å². The van der Waals surface area contributed by atoms with Gasteiger partial charge in [0.15, 0.2) is 0 Å². The zero-order valence-electron chi connectivity index (χ0n) is 22.2. The summed E-state index contributed by atoms with van der Waals surface area (Å²) in [7, 11) is 1.76. The fraction of sp³-hybridized carbons (Fsp3) is 0.600. The molecular weight excluding hydrogens is 468 g/mol. The zero-order chi connectivity index (χ0) is 25.3. The number of fused-ring (bicyclic) bond motifs is 1. The van der Waals surface area contributed by atoms with Crippen LogP contribution >= 0.6 is 0 Å². The molecule has 3 heterocycles. The van der Waals surface area contributed by atoms with E-state index in [2.05, 4.69) is 52.7 Å². The summed E-state index contributed by atoms with van der Waals surface area (Å²) >= 11 is 0. The summed E-state index contributed by atoms with van der Waals surface area (Å²) in [5.74, 6) is 1.35. The van der Waals surface area contributed by atoms with E-state index in [0.29, 0.717) is 25.2 Å². The smallest absolute Gasteiger partial charge is 0.142 e. The maximum atomic E-state index is 6.54. The lowest BCUT2D eigenvalue weighted by atomic mass is 9.87. The molecule has 7 nitrogen and oxygen atoms in total. The van der Waals surface area contributed by atoms with Gasteiger partial charge in [0.25, 0.3) is 0 Å². The Hall–Kier alpha value is -2.16. The minimum atomic E-state index is 0.142. The number of hydrogen-bond acceptors (Lipinski definition) is 7. The molecule has 0 amide bonds. The van der Waals surface area contributed by atoms with E-state index >= 15 is 0 Å². The molecule has 2 aromatic rings. The van der Waals surface area contributed by atoms with Gasteiger partial charge in [-0.3, -0.25) is 0 Å². The fourth-order valence-corrected chi connectivity index (χ4v) is 5.55. The summed E-state index contributed by atoms with van der Waals surface area (Å²) in [4.78, 5) is 2.40. The maximum Gasteiger partial charge on any atom is 0.142 e. The van der Waals surface area contributed by atoms with Crippen molar-refractivity contribution in [3.8, 4) is 5.75 Å². The Morgan fingerprint density at radius 2 is 1.76 bits per heavy atom. The van der Waals surface area contributed by atoms with Crippen molar-refractivity contribution >= 4 is 5.69 Å². The summed E-state index contributed by atoms with van der Waals surface area (Å²) in [6.07, 6.45) is 4.54. The van der Waals surface area contributed by atoms with E-state index in [9.17, 15) is 0 Å². The minimum Gasteiger partial charge on any atom is -0.490 e. The van der Waals surface area contributed by atoms with Gasteiger partial charge in [-0.15, -0.1) is 0 Å². The number of piperidine rings is 1. The molecule has 2 saturated heterocycles. The van der Waals surface area contributed by atoms with Gasteiger partial charge in [-0.25, -0.2) is 0 Å². The third-order valence-corrected chi connectivity index (χ3v) is 7.71. The first kappa shape index (κ1) is 26.4. The molecule has 7 heteroatoms. The number of hydrogen-bond donors (Lipinski definition) is 1. The van der Waals surface area contributed by atoms with Crippen molar-refractivity contribution in [3.63, 3.8) is 0 Å². The third kappa shape index (κ3) is 7.24. The Labute approximate surface area is 221 Å². The predicted octanol–water partition coefficient (Wildman–Crippen LogP) is 4.28. The summed E-state index contributed by atoms with van der Waals surface area (Å²) in [6, 6.07) is 15.4. The summed E-state index contributed by atoms with van der Waals surface area (Å²) in [5.41, 5.74) is 4.93. The second kappa shape index (κ2) is 13.6. The van der Waals surface area contributed by atoms with Crippen LogP contribution in [0.15, 0.2) is 42.5 Å². The highest BCUT2D eigenvalue weighted by molar-refractivity contribution is 5.61. The van der Waals surface area contributed by atoms with Crippen molar-refractivity contribution < 1.29 is 23.7 Å². The molecular formula is C30H42N2O5. The van der Waals surface area contributed by atoms with Gasteiger partial charge in [0.1, 0.15) is 12.4 Å². The second-order valence-corrected chi connectivity index (χ2v) is 10.3. The first-order valence-electron chi connectivity index (χ1n) is 13.9. The van der Waals surface area contributed by atoms with E-state index in [1.54, 1.807) is 7.11 Å². The summed E-state index contributed by atoms with van der Waals surface area (Å²) < 4.78 is 29.2. The predicted molar refractivity (Wildman–Crippen MR) is 145 cm³/mol. The third-order valence-electron chi connectivity index (χ3n) is 7.71. The Balaban J connectivity index is 1.17. The van der Waals surface area contributed by atoms with Crippen LogP contribution in [0.1, 0.15) is 48.3 Å². The molecule has 202 valence electrons. The summed E-state index contributed by atoms with van der Waals surface area (Å²) in [5, 5.41) is 3.53. The number of nitrogens with zero attached hydrogens (tertiary/aromatic N) is 1. The Morgan fingerprint density at radius 1 is 0.946 bits per heavy atom. The average molecular weight is 511 g/mol. The Morgan fingerprint density at radius 3 is 2.59 bits per heavy atom. The summed E-state index contributed by atoms with van der Waals surface area (Å²) in [6.45, 7) is 8.16. The number of nitrogens with one attached hydrogen (secondary N) is 1. The number of benzene rings is 2. The number of anilines is 1. The van der Waals surface area contributed by atoms with Gasteiger partial charge < -0.3 is 33.9 Å². The number of rotatable bonds is 11. The average Bonchev–Trinajstić information content (AvgIpc) is 2.96. The van der Waals surface area contributed by atoms with Gasteiger partial charge in [-0.2, -0.15) is 0 Å². The molecule has 3 aliphatic heterocycles. The molecule has 1 N–H and O–H groups in total. The quantitative estimate of drug-likeness (QED) is 0.453. The van der Waals surface area contributed by atoms with Crippen LogP contribution in [-0.4, -0.2) is 71.9 Å². The van der Waals surface area contributed by atoms with Crippen molar-refractivity contribution in [1.82, 2.24) is 5.32 Å². The van der Waals surface area contributed by atoms with Gasteiger partial charge >= 0.3 is 0 Å². The molecule has 0 radical (unpaired) electrons. The van der Waals surface area contributed by atoms with Gasteiger partial charge in [0.2, 0.25) is 0 Å². The second-order valence-electron chi connectivity index (χ2n) is 10.3. The van der Waals surface area contributed by atoms with Crippen LogP contribution in [0.2, 0.25) is 0 Å². The SMILES string of the molecule is COCCCN1CCOc2ccc(COC3CNCCC3c3ccc(COC4CCOCC4)cc3)cc21. The van der Waals surface area contributed by atoms with Crippen molar-refractivity contribution in [3.05, 3.63) is 59.2 Å². The van der Waals surface area contributed by atoms with Crippen molar-refractivity contribution in [2.45, 2.75) is 57.0 Å². The normalized spacial score (nSPS) is 22.5. The minimum absolute atomic E-state index is 0.142. The highest BCUT2D eigenvalue weighted by Crippen LogP contribution is 2.34. The molecule has 2 atom stereocenters. The van der Waals surface area contributed by atoms with Gasteiger partial charge in [-0.1, -0.05) is 30.3 Å². The Kier molecular flexibility index (Phi) is 9.71. The standard InChI is InChI=1S/C30H42N2O5/c1-33-15-2-13-32-14-18-35-29-8-5-24(19-28(29)32)22-37-30-20-31-12-9-27(30)25-6-3-23(4-7-25)21-36-26-10-16-34-17-11-26/h3-8,19,26-27,30-31H,2,9-18,20-22H2,1H3. The van der Waals surface area contributed by atoms with Crippen molar-refractivity contribution in [2.75, 3.05) is 64.6 Å². The van der Waals surface area contributed by atoms with Gasteiger partial charge in [-0.05, 0) is 61.1 Å². The molecule has 2 fully saturated rings. The molecule has 37 heavy (non-hydrogen) atoms. The van der Waals surface area contributed by atoms with Crippen LogP contribution in [0.3, 0.4) is 0 Å². The molecule has 0 spiro atoms. The topological polar surface area (TPSA) is 61.4 Å². The van der Waals surface area contributed by atoms with Crippen LogP contribution in [0.25, 0.3) is 0 Å². The van der Waals surface area contributed by atoms with Crippen LogP contribution in [0.4, 0.5) is 5.69 Å². The van der Waals surface area contributed by atoms with Crippen LogP contribution < -0.4 is 15.0 Å². The van der Waals surface area contributed by atoms with Gasteiger partial charge in [0.05, 0.1) is 37.7 Å². The highest BCUT2D eigenvalue weighted by atomic mass is 16.5.